The number of hydrogen-bond acceptors (Lipinski definition) is 6. The molecule has 0 bridgehead atoms. The van der Waals surface area contributed by atoms with Crippen molar-refractivity contribution in [1.82, 2.24) is 19.6 Å². The second kappa shape index (κ2) is 10.4. The van der Waals surface area contributed by atoms with Crippen molar-refractivity contribution in [1.29, 1.82) is 0 Å². The molecule has 1 unspecified atom stereocenters. The number of ether oxygens (including phenoxy) is 2. The molecule has 5 rings (SSSR count). The standard InChI is InChI=1S/C26H28N4O3S/c1-19-7-8-25-28-21(17-30(25)16-19)18-33-22-5-2-4-20(14-22)26(31)27-15-23(24-6-3-13-34-24)29-9-11-32-12-10-29/h2-8,13-14,16-17,23H,9-12,15,18H2,1H3,(H,27,31). The van der Waals surface area contributed by atoms with Gasteiger partial charge in [-0.2, -0.15) is 0 Å². The van der Waals surface area contributed by atoms with Gasteiger partial charge in [-0.15, -0.1) is 11.3 Å². The van der Waals surface area contributed by atoms with E-state index in [1.807, 2.05) is 47.1 Å². The number of fused-ring (bicyclic) bond motifs is 1. The Bertz CT molecular complexity index is 1250. The average Bonchev–Trinajstić information content (AvgIpc) is 3.53. The average molecular weight is 477 g/mol. The van der Waals surface area contributed by atoms with Gasteiger partial charge in [0.1, 0.15) is 18.0 Å². The van der Waals surface area contributed by atoms with Crippen LogP contribution < -0.4 is 10.1 Å². The van der Waals surface area contributed by atoms with Crippen molar-refractivity contribution in [3.8, 4) is 5.75 Å². The lowest BCUT2D eigenvalue weighted by atomic mass is 10.1. The van der Waals surface area contributed by atoms with Gasteiger partial charge in [0.25, 0.3) is 5.91 Å². The first-order valence-electron chi connectivity index (χ1n) is 11.5. The van der Waals surface area contributed by atoms with Crippen LogP contribution in [0.25, 0.3) is 5.65 Å². The fraction of sp³-hybridized carbons (Fsp3) is 0.308. The molecule has 4 aromatic rings. The van der Waals surface area contributed by atoms with Gasteiger partial charge in [0.2, 0.25) is 0 Å². The normalized spacial score (nSPS) is 15.3. The van der Waals surface area contributed by atoms with E-state index in [0.29, 0.717) is 24.5 Å². The molecule has 0 spiro atoms. The van der Waals surface area contributed by atoms with Gasteiger partial charge in [-0.25, -0.2) is 4.98 Å². The van der Waals surface area contributed by atoms with Crippen molar-refractivity contribution < 1.29 is 14.3 Å². The Morgan fingerprint density at radius 2 is 2.06 bits per heavy atom. The third kappa shape index (κ3) is 5.30. The number of pyridine rings is 1. The lowest BCUT2D eigenvalue weighted by Gasteiger charge is -2.34. The maximum Gasteiger partial charge on any atom is 0.251 e. The van der Waals surface area contributed by atoms with Gasteiger partial charge >= 0.3 is 0 Å². The highest BCUT2D eigenvalue weighted by atomic mass is 32.1. The third-order valence-corrected chi connectivity index (χ3v) is 6.92. The molecule has 8 heteroatoms. The summed E-state index contributed by atoms with van der Waals surface area (Å²) in [5.41, 5.74) is 3.48. The maximum atomic E-state index is 13.0. The largest absolute Gasteiger partial charge is 0.487 e. The molecule has 0 radical (unpaired) electrons. The summed E-state index contributed by atoms with van der Waals surface area (Å²) in [5, 5.41) is 5.20. The quantitative estimate of drug-likeness (QED) is 0.415. The molecular weight excluding hydrogens is 448 g/mol. The van der Waals surface area contributed by atoms with Crippen LogP contribution >= 0.6 is 11.3 Å². The summed E-state index contributed by atoms with van der Waals surface area (Å²) in [7, 11) is 0. The van der Waals surface area contributed by atoms with Gasteiger partial charge in [0.05, 0.1) is 24.9 Å². The van der Waals surface area contributed by atoms with Crippen LogP contribution in [0.3, 0.4) is 0 Å². The Labute approximate surface area is 203 Å². The van der Waals surface area contributed by atoms with E-state index in [-0.39, 0.29) is 11.9 Å². The molecule has 0 aliphatic carbocycles. The van der Waals surface area contributed by atoms with Gasteiger partial charge in [-0.05, 0) is 48.2 Å². The number of imidazole rings is 1. The first kappa shape index (κ1) is 22.6. The Balaban J connectivity index is 1.21. The van der Waals surface area contributed by atoms with Crippen LogP contribution in [-0.4, -0.2) is 53.0 Å². The minimum Gasteiger partial charge on any atom is -0.487 e. The fourth-order valence-corrected chi connectivity index (χ4v) is 5.04. The Kier molecular flexibility index (Phi) is 6.89. The Morgan fingerprint density at radius 1 is 1.18 bits per heavy atom. The van der Waals surface area contributed by atoms with E-state index in [2.05, 4.69) is 39.6 Å². The highest BCUT2D eigenvalue weighted by Gasteiger charge is 2.24. The van der Waals surface area contributed by atoms with Crippen molar-refractivity contribution in [2.24, 2.45) is 0 Å². The zero-order valence-corrected chi connectivity index (χ0v) is 20.0. The number of amides is 1. The van der Waals surface area contributed by atoms with Gasteiger partial charge in [0, 0.05) is 42.5 Å². The lowest BCUT2D eigenvalue weighted by Crippen LogP contribution is -2.43. The second-order valence-electron chi connectivity index (χ2n) is 8.41. The van der Waals surface area contributed by atoms with E-state index in [1.165, 1.54) is 10.4 Å². The molecule has 34 heavy (non-hydrogen) atoms. The van der Waals surface area contributed by atoms with Crippen LogP contribution in [0.15, 0.2) is 66.3 Å². The summed E-state index contributed by atoms with van der Waals surface area (Å²) in [5.74, 6) is 0.535. The molecule has 1 aliphatic heterocycles. The molecule has 1 saturated heterocycles. The molecule has 1 N–H and O–H groups in total. The molecule has 1 aliphatic rings. The summed E-state index contributed by atoms with van der Waals surface area (Å²) in [6.45, 7) is 6.11. The topological polar surface area (TPSA) is 68.1 Å². The predicted molar refractivity (Wildman–Crippen MR) is 132 cm³/mol. The number of benzene rings is 1. The summed E-state index contributed by atoms with van der Waals surface area (Å²) in [6, 6.07) is 15.7. The molecule has 1 fully saturated rings. The number of aromatic nitrogens is 2. The van der Waals surface area contributed by atoms with Crippen LogP contribution in [-0.2, 0) is 11.3 Å². The van der Waals surface area contributed by atoms with Crippen molar-refractivity contribution in [3.63, 3.8) is 0 Å². The number of carbonyl (C=O) groups excluding carboxylic acids is 1. The molecule has 7 nitrogen and oxygen atoms in total. The first-order valence-corrected chi connectivity index (χ1v) is 12.3. The zero-order valence-electron chi connectivity index (χ0n) is 19.1. The molecule has 0 saturated carbocycles. The Morgan fingerprint density at radius 3 is 2.88 bits per heavy atom. The van der Waals surface area contributed by atoms with E-state index >= 15 is 0 Å². The molecule has 1 aromatic carbocycles. The van der Waals surface area contributed by atoms with E-state index in [1.54, 1.807) is 17.4 Å². The van der Waals surface area contributed by atoms with Gasteiger partial charge < -0.3 is 19.2 Å². The number of aryl methyl sites for hydroxylation is 1. The van der Waals surface area contributed by atoms with E-state index in [0.717, 1.165) is 37.6 Å². The number of carbonyl (C=O) groups is 1. The van der Waals surface area contributed by atoms with Gasteiger partial charge in [0.15, 0.2) is 0 Å². The summed E-state index contributed by atoms with van der Waals surface area (Å²) in [4.78, 5) is 21.2. The van der Waals surface area contributed by atoms with Crippen LogP contribution in [0.4, 0.5) is 0 Å². The van der Waals surface area contributed by atoms with E-state index in [4.69, 9.17) is 9.47 Å². The lowest BCUT2D eigenvalue weighted by molar-refractivity contribution is 0.0169. The van der Waals surface area contributed by atoms with E-state index in [9.17, 15) is 4.79 Å². The monoisotopic (exact) mass is 476 g/mol. The van der Waals surface area contributed by atoms with Crippen LogP contribution in [0.5, 0.6) is 5.75 Å². The SMILES string of the molecule is Cc1ccc2nc(COc3cccc(C(=O)NCC(c4cccs4)N4CCOCC4)c3)cn2c1. The van der Waals surface area contributed by atoms with Crippen molar-refractivity contribution in [3.05, 3.63) is 88.0 Å². The third-order valence-electron chi connectivity index (χ3n) is 5.95. The molecule has 1 atom stereocenters. The molecule has 3 aromatic heterocycles. The van der Waals surface area contributed by atoms with Gasteiger partial charge in [-0.3, -0.25) is 9.69 Å². The van der Waals surface area contributed by atoms with Crippen molar-refractivity contribution in [2.75, 3.05) is 32.8 Å². The fourth-order valence-electron chi connectivity index (χ4n) is 4.18. The number of morpholine rings is 1. The second-order valence-corrected chi connectivity index (χ2v) is 9.39. The number of thiophene rings is 1. The highest BCUT2D eigenvalue weighted by molar-refractivity contribution is 7.10. The molecule has 4 heterocycles. The molecule has 176 valence electrons. The van der Waals surface area contributed by atoms with Gasteiger partial charge in [-0.1, -0.05) is 18.2 Å². The number of nitrogens with zero attached hydrogens (tertiary/aromatic N) is 3. The molecular formula is C26H28N4O3S. The number of hydrogen-bond donors (Lipinski definition) is 1. The highest BCUT2D eigenvalue weighted by Crippen LogP contribution is 2.25. The maximum absolute atomic E-state index is 13.0. The number of nitrogens with one attached hydrogen (secondary N) is 1. The minimum absolute atomic E-state index is 0.108. The van der Waals surface area contributed by atoms with Crippen molar-refractivity contribution in [2.45, 2.75) is 19.6 Å². The summed E-state index contributed by atoms with van der Waals surface area (Å²) < 4.78 is 13.4. The minimum atomic E-state index is -0.108. The predicted octanol–water partition coefficient (Wildman–Crippen LogP) is 4.09. The smallest absolute Gasteiger partial charge is 0.251 e. The number of rotatable bonds is 8. The summed E-state index contributed by atoms with van der Waals surface area (Å²) >= 11 is 1.72. The zero-order chi connectivity index (χ0) is 23.3. The Hall–Kier alpha value is -3.20. The van der Waals surface area contributed by atoms with Crippen LogP contribution in [0.1, 0.15) is 32.5 Å². The van der Waals surface area contributed by atoms with Crippen molar-refractivity contribution >= 4 is 22.9 Å². The van der Waals surface area contributed by atoms with Crippen LogP contribution in [0, 0.1) is 6.92 Å². The first-order chi connectivity index (χ1) is 16.7. The van der Waals surface area contributed by atoms with Crippen LogP contribution in [0.2, 0.25) is 0 Å². The summed E-state index contributed by atoms with van der Waals surface area (Å²) in [6.07, 6.45) is 4.01. The molecule has 1 amide bonds. The van der Waals surface area contributed by atoms with E-state index < -0.39 is 0 Å².